The molecule has 4 aromatic rings. The fourth-order valence-electron chi connectivity index (χ4n) is 5.93. The summed E-state index contributed by atoms with van der Waals surface area (Å²) in [4.78, 5) is 43.0. The van der Waals surface area contributed by atoms with E-state index in [1.807, 2.05) is 48.5 Å². The largest absolute Gasteiger partial charge is 0.453 e. The number of halogens is 1. The maximum atomic E-state index is 13.9. The Morgan fingerprint density at radius 3 is 2.61 bits per heavy atom. The van der Waals surface area contributed by atoms with E-state index in [-0.39, 0.29) is 23.9 Å². The Morgan fingerprint density at radius 1 is 1.02 bits per heavy atom. The quantitative estimate of drug-likeness (QED) is 0.305. The summed E-state index contributed by atoms with van der Waals surface area (Å²) in [6.07, 6.45) is 6.57. The molecule has 0 saturated carbocycles. The zero-order valence-electron chi connectivity index (χ0n) is 24.0. The Morgan fingerprint density at radius 2 is 1.84 bits per heavy atom. The van der Waals surface area contributed by atoms with Crippen LogP contribution in [0.5, 0.6) is 0 Å². The molecule has 1 saturated heterocycles. The van der Waals surface area contributed by atoms with E-state index in [0.717, 1.165) is 29.5 Å². The van der Waals surface area contributed by atoms with Crippen molar-refractivity contribution in [3.63, 3.8) is 0 Å². The van der Waals surface area contributed by atoms with E-state index in [0.29, 0.717) is 41.5 Å². The molecule has 6 rings (SSSR count). The molecule has 3 amide bonds. The summed E-state index contributed by atoms with van der Waals surface area (Å²) in [6.45, 7) is 1.02. The molecule has 0 spiro atoms. The number of carbonyl (C=O) groups excluding carboxylic acids is 3. The normalized spacial score (nSPS) is 17.9. The van der Waals surface area contributed by atoms with Crippen LogP contribution in [-0.2, 0) is 20.7 Å². The first-order valence-corrected chi connectivity index (χ1v) is 14.7. The number of hydrogen-bond donors (Lipinski definition) is 1. The minimum absolute atomic E-state index is 0.0712. The lowest BCUT2D eigenvalue weighted by Gasteiger charge is -2.35. The molecule has 12 heteroatoms. The number of anilines is 1. The first kappa shape index (κ1) is 29.1. The average Bonchev–Trinajstić information content (AvgIpc) is 3.76. The maximum Gasteiger partial charge on any atom is 0.409 e. The van der Waals surface area contributed by atoms with Gasteiger partial charge in [-0.25, -0.2) is 4.79 Å². The zero-order chi connectivity index (χ0) is 30.6. The van der Waals surface area contributed by atoms with Gasteiger partial charge in [-0.3, -0.25) is 9.59 Å². The van der Waals surface area contributed by atoms with E-state index in [4.69, 9.17) is 16.3 Å². The summed E-state index contributed by atoms with van der Waals surface area (Å²) in [6, 6.07) is 19.4. The van der Waals surface area contributed by atoms with Crippen molar-refractivity contribution < 1.29 is 19.1 Å². The molecule has 2 aliphatic rings. The van der Waals surface area contributed by atoms with E-state index < -0.39 is 6.04 Å². The third kappa shape index (κ3) is 5.91. The number of nitrogens with one attached hydrogen (secondary N) is 1. The number of methoxy groups -OCH3 is 1. The van der Waals surface area contributed by atoms with Gasteiger partial charge in [0.25, 0.3) is 5.91 Å². The number of carbonyl (C=O) groups is 3. The summed E-state index contributed by atoms with van der Waals surface area (Å²) in [5.41, 5.74) is 4.67. The molecular formula is C32H30ClN7O4. The predicted molar refractivity (Wildman–Crippen MR) is 164 cm³/mol. The van der Waals surface area contributed by atoms with Gasteiger partial charge in [0.15, 0.2) is 0 Å². The van der Waals surface area contributed by atoms with E-state index in [1.54, 1.807) is 34.1 Å². The standard InChI is InChI=1S/C32H30ClN7O4/c1-44-32(43)38-17-4-7-27(38)22-8-12-25(13-9-22)35-31(42)30-26-6-3-2-5-21(26)16-18-39(30)29(41)15-10-23-19-24(33)11-14-28(23)40-20-34-36-37-40/h2-3,5-6,8-15,19-20,27,30H,4,7,16-18H2,1H3,(H,35,42)/t27?,30-/m0/s1. The van der Waals surface area contributed by atoms with Crippen molar-refractivity contribution in [2.45, 2.75) is 31.3 Å². The van der Waals surface area contributed by atoms with Gasteiger partial charge in [0.05, 0.1) is 18.8 Å². The number of hydrogen-bond acceptors (Lipinski definition) is 7. The van der Waals surface area contributed by atoms with Crippen LogP contribution < -0.4 is 5.32 Å². The van der Waals surface area contributed by atoms with E-state index in [9.17, 15) is 14.4 Å². The summed E-state index contributed by atoms with van der Waals surface area (Å²) >= 11 is 6.25. The lowest BCUT2D eigenvalue weighted by atomic mass is 9.91. The van der Waals surface area contributed by atoms with Gasteiger partial charge in [0.1, 0.15) is 12.4 Å². The van der Waals surface area contributed by atoms with Crippen molar-refractivity contribution in [2.24, 2.45) is 0 Å². The van der Waals surface area contributed by atoms with Gasteiger partial charge in [-0.1, -0.05) is 48.0 Å². The predicted octanol–water partition coefficient (Wildman–Crippen LogP) is 5.00. The van der Waals surface area contributed by atoms with Crippen molar-refractivity contribution in [3.05, 3.63) is 106 Å². The van der Waals surface area contributed by atoms with Crippen LogP contribution in [0.1, 0.15) is 47.2 Å². The highest BCUT2D eigenvalue weighted by atomic mass is 35.5. The molecule has 1 aromatic heterocycles. The van der Waals surface area contributed by atoms with Gasteiger partial charge < -0.3 is 19.9 Å². The van der Waals surface area contributed by atoms with Gasteiger partial charge >= 0.3 is 6.09 Å². The molecule has 2 atom stereocenters. The van der Waals surface area contributed by atoms with Gasteiger partial charge in [0.2, 0.25) is 5.91 Å². The van der Waals surface area contributed by atoms with Crippen LogP contribution in [0.25, 0.3) is 11.8 Å². The van der Waals surface area contributed by atoms with Crippen molar-refractivity contribution in [2.75, 3.05) is 25.5 Å². The third-order valence-electron chi connectivity index (χ3n) is 8.03. The number of aromatic nitrogens is 4. The number of amides is 3. The van der Waals surface area contributed by atoms with Crippen LogP contribution >= 0.6 is 11.6 Å². The number of nitrogens with zero attached hydrogens (tertiary/aromatic N) is 6. The van der Waals surface area contributed by atoms with Crippen molar-refractivity contribution in [1.29, 1.82) is 0 Å². The minimum Gasteiger partial charge on any atom is -0.453 e. The monoisotopic (exact) mass is 611 g/mol. The molecule has 1 fully saturated rings. The molecule has 224 valence electrons. The number of likely N-dealkylation sites (tertiary alicyclic amines) is 1. The number of fused-ring (bicyclic) bond motifs is 1. The van der Waals surface area contributed by atoms with Crippen molar-refractivity contribution >= 4 is 41.3 Å². The summed E-state index contributed by atoms with van der Waals surface area (Å²) in [7, 11) is 1.38. The highest BCUT2D eigenvalue weighted by Gasteiger charge is 2.35. The van der Waals surface area contributed by atoms with Gasteiger partial charge in [-0.2, -0.15) is 4.68 Å². The molecule has 0 aliphatic carbocycles. The van der Waals surface area contributed by atoms with E-state index in [2.05, 4.69) is 20.8 Å². The second-order valence-corrected chi connectivity index (χ2v) is 11.0. The summed E-state index contributed by atoms with van der Waals surface area (Å²) < 4.78 is 6.42. The molecule has 1 N–H and O–H groups in total. The molecule has 2 aliphatic heterocycles. The molecular weight excluding hydrogens is 582 g/mol. The van der Waals surface area contributed by atoms with Crippen LogP contribution in [0, 0.1) is 0 Å². The SMILES string of the molecule is COC(=O)N1CCCC1c1ccc(NC(=O)[C@@H]2c3ccccc3CCN2C(=O)C=Cc2cc(Cl)ccc2-n2cnnn2)cc1. The molecule has 3 aromatic carbocycles. The van der Waals surface area contributed by atoms with Gasteiger partial charge in [-0.15, -0.1) is 5.10 Å². The van der Waals surface area contributed by atoms with Gasteiger partial charge in [0, 0.05) is 35.4 Å². The lowest BCUT2D eigenvalue weighted by Crippen LogP contribution is -2.44. The smallest absolute Gasteiger partial charge is 0.409 e. The Hall–Kier alpha value is -5.03. The third-order valence-corrected chi connectivity index (χ3v) is 8.27. The second-order valence-electron chi connectivity index (χ2n) is 10.6. The molecule has 11 nitrogen and oxygen atoms in total. The number of ether oxygens (including phenoxy) is 1. The first-order chi connectivity index (χ1) is 21.4. The Balaban J connectivity index is 1.23. The van der Waals surface area contributed by atoms with Crippen LogP contribution in [-0.4, -0.2) is 68.1 Å². The molecule has 44 heavy (non-hydrogen) atoms. The Bertz CT molecular complexity index is 1710. The summed E-state index contributed by atoms with van der Waals surface area (Å²) in [5.74, 6) is -0.636. The zero-order valence-corrected chi connectivity index (χ0v) is 24.7. The molecule has 0 radical (unpaired) electrons. The molecule has 3 heterocycles. The molecule has 0 bridgehead atoms. The highest BCUT2D eigenvalue weighted by molar-refractivity contribution is 6.30. The lowest BCUT2D eigenvalue weighted by molar-refractivity contribution is -0.135. The summed E-state index contributed by atoms with van der Waals surface area (Å²) in [5, 5.41) is 14.8. The Kier molecular flexibility index (Phi) is 8.38. The topological polar surface area (TPSA) is 123 Å². The highest BCUT2D eigenvalue weighted by Crippen LogP contribution is 2.34. The van der Waals surface area contributed by atoms with Crippen LogP contribution in [0.2, 0.25) is 5.02 Å². The minimum atomic E-state index is -0.834. The average molecular weight is 612 g/mol. The Labute approximate surface area is 259 Å². The van der Waals surface area contributed by atoms with Crippen LogP contribution in [0.4, 0.5) is 10.5 Å². The van der Waals surface area contributed by atoms with E-state index >= 15 is 0 Å². The fraction of sp³-hybridized carbons (Fsp3) is 0.250. The van der Waals surface area contributed by atoms with Crippen molar-refractivity contribution in [1.82, 2.24) is 30.0 Å². The van der Waals surface area contributed by atoms with Crippen LogP contribution in [0.15, 0.2) is 79.1 Å². The van der Waals surface area contributed by atoms with Crippen LogP contribution in [0.3, 0.4) is 0 Å². The number of rotatable bonds is 6. The van der Waals surface area contributed by atoms with Crippen molar-refractivity contribution in [3.8, 4) is 5.69 Å². The fourth-order valence-corrected chi connectivity index (χ4v) is 6.11. The second kappa shape index (κ2) is 12.7. The maximum absolute atomic E-state index is 13.9. The number of benzene rings is 3. The van der Waals surface area contributed by atoms with Gasteiger partial charge in [-0.05, 0) is 82.8 Å². The van der Waals surface area contributed by atoms with E-state index in [1.165, 1.54) is 24.2 Å². The number of tetrazole rings is 1. The molecule has 1 unspecified atom stereocenters. The first-order valence-electron chi connectivity index (χ1n) is 14.3.